The Bertz CT molecular complexity index is 1720. The fourth-order valence-corrected chi connectivity index (χ4v) is 10.6. The highest BCUT2D eigenvalue weighted by Crippen LogP contribution is 2.60. The quantitative estimate of drug-likeness (QED) is 0.228. The molecule has 0 spiro atoms. The highest BCUT2D eigenvalue weighted by Gasteiger charge is 2.51. The molecule has 49 heavy (non-hydrogen) atoms. The second kappa shape index (κ2) is 13.9. The zero-order valence-corrected chi connectivity index (χ0v) is 29.2. The van der Waals surface area contributed by atoms with Gasteiger partial charge in [0.15, 0.2) is 0 Å². The molecule has 0 radical (unpaired) electrons. The molecule has 1 atom stereocenters. The maximum Gasteiger partial charge on any atom is 0.244 e. The van der Waals surface area contributed by atoms with Crippen LogP contribution in [-0.4, -0.2) is 50.0 Å². The van der Waals surface area contributed by atoms with Crippen LogP contribution >= 0.6 is 0 Å². The van der Waals surface area contributed by atoms with Crippen molar-refractivity contribution in [2.24, 2.45) is 17.8 Å². The Hall–Kier alpha value is -3.72. The van der Waals surface area contributed by atoms with Crippen LogP contribution in [0.4, 0.5) is 10.1 Å². The number of amides is 2. The smallest absolute Gasteiger partial charge is 0.244 e. The summed E-state index contributed by atoms with van der Waals surface area (Å²) in [6.45, 7) is -0.685. The number of carbonyl (C=O) groups excluding carboxylic acids is 2. The highest BCUT2D eigenvalue weighted by molar-refractivity contribution is 7.92. The fraction of sp³-hybridized carbons (Fsp3) is 0.500. The Morgan fingerprint density at radius 3 is 2.04 bits per heavy atom. The van der Waals surface area contributed by atoms with E-state index in [9.17, 15) is 18.0 Å². The molecular formula is C40H48FN3O4S. The summed E-state index contributed by atoms with van der Waals surface area (Å²) < 4.78 is 42.9. The molecule has 0 aliphatic heterocycles. The van der Waals surface area contributed by atoms with Gasteiger partial charge in [-0.25, -0.2) is 12.8 Å². The average Bonchev–Trinajstić information content (AvgIpc) is 3.58. The Labute approximate surface area is 290 Å². The maximum atomic E-state index is 15.1. The Balaban J connectivity index is 1.19. The molecule has 3 aromatic rings. The predicted molar refractivity (Wildman–Crippen MR) is 190 cm³/mol. The highest BCUT2D eigenvalue weighted by atomic mass is 32.2. The molecule has 9 heteroatoms. The first-order chi connectivity index (χ1) is 23.6. The van der Waals surface area contributed by atoms with E-state index in [-0.39, 0.29) is 35.9 Å². The summed E-state index contributed by atoms with van der Waals surface area (Å²) in [5, 5.41) is 3.15. The van der Waals surface area contributed by atoms with Gasteiger partial charge in [-0.3, -0.25) is 13.9 Å². The number of sulfonamides is 1. The molecule has 7 nitrogen and oxygen atoms in total. The Morgan fingerprint density at radius 2 is 1.45 bits per heavy atom. The maximum absolute atomic E-state index is 15.1. The summed E-state index contributed by atoms with van der Waals surface area (Å²) in [5.74, 6) is 0.978. The lowest BCUT2D eigenvalue weighted by Gasteiger charge is -2.57. The van der Waals surface area contributed by atoms with Gasteiger partial charge < -0.3 is 10.2 Å². The van der Waals surface area contributed by atoms with Crippen molar-refractivity contribution in [3.8, 4) is 0 Å². The van der Waals surface area contributed by atoms with E-state index in [0.29, 0.717) is 5.69 Å². The molecule has 5 aliphatic carbocycles. The molecule has 8 rings (SSSR count). The van der Waals surface area contributed by atoms with E-state index in [2.05, 4.69) is 17.4 Å². The van der Waals surface area contributed by atoms with Crippen LogP contribution in [0, 0.1) is 23.6 Å². The summed E-state index contributed by atoms with van der Waals surface area (Å²) in [5.41, 5.74) is 2.94. The normalized spacial score (nSPS) is 25.2. The molecule has 0 saturated heterocycles. The van der Waals surface area contributed by atoms with Gasteiger partial charge in [0, 0.05) is 24.6 Å². The second-order valence-electron chi connectivity index (χ2n) is 15.3. The summed E-state index contributed by atoms with van der Waals surface area (Å²) in [6.07, 6.45) is 12.7. The largest absolute Gasteiger partial charge is 0.352 e. The van der Waals surface area contributed by atoms with E-state index < -0.39 is 34.3 Å². The van der Waals surface area contributed by atoms with Gasteiger partial charge in [-0.15, -0.1) is 0 Å². The monoisotopic (exact) mass is 685 g/mol. The number of anilines is 1. The molecule has 260 valence electrons. The molecule has 3 aromatic carbocycles. The molecule has 0 unspecified atom stereocenters. The number of rotatable bonds is 12. The minimum absolute atomic E-state index is 0.0104. The number of hydrogen-bond acceptors (Lipinski definition) is 4. The number of carbonyl (C=O) groups is 2. The summed E-state index contributed by atoms with van der Waals surface area (Å²) >= 11 is 0. The van der Waals surface area contributed by atoms with Gasteiger partial charge in [0.2, 0.25) is 21.8 Å². The molecule has 5 saturated carbocycles. The van der Waals surface area contributed by atoms with Gasteiger partial charge in [-0.1, -0.05) is 73.5 Å². The number of nitrogens with zero attached hydrogens (tertiary/aromatic N) is 2. The van der Waals surface area contributed by atoms with E-state index in [4.69, 9.17) is 0 Å². The molecule has 5 aliphatic rings. The lowest BCUT2D eigenvalue weighted by molar-refractivity contribution is -0.140. The van der Waals surface area contributed by atoms with Crippen LogP contribution in [0.1, 0.15) is 80.9 Å². The van der Waals surface area contributed by atoms with Gasteiger partial charge in [-0.2, -0.15) is 0 Å². The summed E-state index contributed by atoms with van der Waals surface area (Å²) in [6, 6.07) is 22.5. The van der Waals surface area contributed by atoms with Crippen molar-refractivity contribution >= 4 is 27.5 Å². The van der Waals surface area contributed by atoms with E-state index in [1.54, 1.807) is 18.2 Å². The fourth-order valence-electron chi connectivity index (χ4n) is 9.79. The second-order valence-corrected chi connectivity index (χ2v) is 17.2. The summed E-state index contributed by atoms with van der Waals surface area (Å²) in [7, 11) is -3.90. The number of nitrogens with one attached hydrogen (secondary N) is 1. The lowest BCUT2D eigenvalue weighted by Crippen LogP contribution is -2.54. The first kappa shape index (κ1) is 33.8. The molecule has 4 bridgehead atoms. The third-order valence-corrected chi connectivity index (χ3v) is 12.9. The van der Waals surface area contributed by atoms with E-state index in [0.717, 1.165) is 59.6 Å². The lowest BCUT2D eigenvalue weighted by atomic mass is 9.48. The molecule has 1 N–H and O–H groups in total. The third-order valence-electron chi connectivity index (χ3n) is 11.8. The number of hydrogen-bond donors (Lipinski definition) is 1. The van der Waals surface area contributed by atoms with Crippen molar-refractivity contribution in [2.45, 2.75) is 94.7 Å². The van der Waals surface area contributed by atoms with Crippen molar-refractivity contribution in [1.82, 2.24) is 10.2 Å². The zero-order chi connectivity index (χ0) is 34.2. The van der Waals surface area contributed by atoms with E-state index >= 15 is 4.39 Å². The van der Waals surface area contributed by atoms with E-state index in [1.807, 2.05) is 42.5 Å². The van der Waals surface area contributed by atoms with Crippen LogP contribution in [0.15, 0.2) is 78.9 Å². The van der Waals surface area contributed by atoms with Crippen molar-refractivity contribution in [2.75, 3.05) is 17.1 Å². The van der Waals surface area contributed by atoms with Gasteiger partial charge in [0.05, 0.1) is 11.9 Å². The predicted octanol–water partition coefficient (Wildman–Crippen LogP) is 6.76. The van der Waals surface area contributed by atoms with Crippen LogP contribution in [0.25, 0.3) is 0 Å². The Morgan fingerprint density at radius 1 is 0.857 bits per heavy atom. The number of benzene rings is 3. The Kier molecular flexibility index (Phi) is 9.57. The SMILES string of the molecule is CS(=O)(=O)N(CC(=O)N(Cc1ccccc1F)[C@H](Cc1ccccc1)C(=O)NC1CCCC1)c1ccc(C23CC4CC(CC(C4)C2)C3)cc1. The molecule has 0 heterocycles. The molecule has 2 amide bonds. The van der Waals surface area contributed by atoms with Crippen molar-refractivity contribution in [3.05, 3.63) is 101 Å². The van der Waals surface area contributed by atoms with Crippen molar-refractivity contribution < 1.29 is 22.4 Å². The first-order valence-electron chi connectivity index (χ1n) is 18.0. The van der Waals surface area contributed by atoms with Crippen LogP contribution in [0.3, 0.4) is 0 Å². The summed E-state index contributed by atoms with van der Waals surface area (Å²) in [4.78, 5) is 29.9. The average molecular weight is 686 g/mol. The topological polar surface area (TPSA) is 86.8 Å². The third kappa shape index (κ3) is 7.42. The number of halogens is 1. The van der Waals surface area contributed by atoms with Crippen LogP contribution in [0.5, 0.6) is 0 Å². The van der Waals surface area contributed by atoms with Gasteiger partial charge in [-0.05, 0) is 104 Å². The molecule has 0 aromatic heterocycles. The van der Waals surface area contributed by atoms with E-state index in [1.165, 1.54) is 55.1 Å². The molecule has 5 fully saturated rings. The van der Waals surface area contributed by atoms with Gasteiger partial charge in [0.25, 0.3) is 0 Å². The van der Waals surface area contributed by atoms with Gasteiger partial charge >= 0.3 is 0 Å². The first-order valence-corrected chi connectivity index (χ1v) is 19.9. The molecular weight excluding hydrogens is 638 g/mol. The minimum atomic E-state index is -3.90. The van der Waals surface area contributed by atoms with Crippen LogP contribution in [-0.2, 0) is 38.0 Å². The van der Waals surface area contributed by atoms with Crippen LogP contribution in [0.2, 0.25) is 0 Å². The minimum Gasteiger partial charge on any atom is -0.352 e. The van der Waals surface area contributed by atoms with Gasteiger partial charge in [0.1, 0.15) is 18.4 Å². The van der Waals surface area contributed by atoms with Crippen molar-refractivity contribution in [3.63, 3.8) is 0 Å². The zero-order valence-electron chi connectivity index (χ0n) is 28.4. The van der Waals surface area contributed by atoms with Crippen molar-refractivity contribution in [1.29, 1.82) is 0 Å². The standard InChI is InChI=1S/C40H48FN3O4S/c1-49(47,48)44(35-17-15-33(16-18-35)40-23-29-19-30(24-40)21-31(20-29)25-40)27-38(45)43(26-32-11-5-8-14-36(32)41)37(22-28-9-3-2-4-10-28)39(46)42-34-12-6-7-13-34/h2-5,8-11,14-18,29-31,34,37H,6-7,12-13,19-27H2,1H3,(H,42,46)/t29?,30?,31?,37-,40?/m1/s1. The van der Waals surface area contributed by atoms with Crippen LogP contribution < -0.4 is 9.62 Å².